The number of ether oxygens (including phenoxy) is 1. The zero-order valence-electron chi connectivity index (χ0n) is 17.4. The molecule has 0 aromatic carbocycles. The first-order valence-electron chi connectivity index (χ1n) is 10.8. The van der Waals surface area contributed by atoms with Gasteiger partial charge < -0.3 is 14.9 Å². The van der Waals surface area contributed by atoms with Crippen LogP contribution in [0.1, 0.15) is 57.8 Å². The number of nitrogens with zero attached hydrogens (tertiary/aromatic N) is 3. The molecular weight excluding hydrogens is 370 g/mol. The molecule has 1 unspecified atom stereocenters. The number of carbonyl (C=O) groups is 1. The van der Waals surface area contributed by atoms with Crippen molar-refractivity contribution in [1.29, 1.82) is 0 Å². The van der Waals surface area contributed by atoms with E-state index in [0.29, 0.717) is 18.8 Å². The molecule has 0 amide bonds. The maximum Gasteiger partial charge on any atom is 0.308 e. The van der Waals surface area contributed by atoms with Gasteiger partial charge in [-0.25, -0.2) is 0 Å². The van der Waals surface area contributed by atoms with Crippen LogP contribution in [0.5, 0.6) is 0 Å². The molecule has 7 heteroatoms. The number of rotatable bonds is 10. The van der Waals surface area contributed by atoms with E-state index in [1.165, 1.54) is 26.4 Å². The SMILES string of the molecule is COC(=O)C(CCC=CC[C@@H]1[C@@H](C=CCO)[C@H](O)C[C@H]1N=[N+]=[N-])C1CCCCC1. The average Bonchev–Trinajstić information content (AvgIpc) is 3.03. The summed E-state index contributed by atoms with van der Waals surface area (Å²) >= 11 is 0. The van der Waals surface area contributed by atoms with E-state index in [4.69, 9.17) is 15.4 Å². The number of aliphatic hydroxyl groups is 2. The van der Waals surface area contributed by atoms with Gasteiger partial charge >= 0.3 is 5.97 Å². The quantitative estimate of drug-likeness (QED) is 0.185. The van der Waals surface area contributed by atoms with Crippen LogP contribution in [0.3, 0.4) is 0 Å². The van der Waals surface area contributed by atoms with Crippen molar-refractivity contribution in [2.75, 3.05) is 13.7 Å². The fraction of sp³-hybridized carbons (Fsp3) is 0.773. The molecule has 2 aliphatic carbocycles. The Labute approximate surface area is 173 Å². The van der Waals surface area contributed by atoms with Gasteiger partial charge in [0.05, 0.1) is 25.7 Å². The van der Waals surface area contributed by atoms with Crippen molar-refractivity contribution in [3.05, 3.63) is 34.7 Å². The van der Waals surface area contributed by atoms with Crippen LogP contribution in [0.2, 0.25) is 0 Å². The molecule has 2 aliphatic rings. The minimum Gasteiger partial charge on any atom is -0.469 e. The van der Waals surface area contributed by atoms with Crippen LogP contribution in [0.25, 0.3) is 10.4 Å². The summed E-state index contributed by atoms with van der Waals surface area (Å²) in [6.07, 6.45) is 15.6. The van der Waals surface area contributed by atoms with Gasteiger partial charge in [-0.2, -0.15) is 0 Å². The molecule has 5 atom stereocenters. The lowest BCUT2D eigenvalue weighted by atomic mass is 9.78. The highest BCUT2D eigenvalue weighted by Gasteiger charge is 2.39. The van der Waals surface area contributed by atoms with Crippen molar-refractivity contribution in [2.24, 2.45) is 28.8 Å². The van der Waals surface area contributed by atoms with Crippen molar-refractivity contribution < 1.29 is 19.7 Å². The Kier molecular flexibility index (Phi) is 10.3. The van der Waals surface area contributed by atoms with E-state index in [1.807, 2.05) is 6.08 Å². The van der Waals surface area contributed by atoms with Gasteiger partial charge in [0.1, 0.15) is 0 Å². The van der Waals surface area contributed by atoms with E-state index in [1.54, 1.807) is 6.08 Å². The topological polar surface area (TPSA) is 116 Å². The summed E-state index contributed by atoms with van der Waals surface area (Å²) in [6.45, 7) is -0.0754. The number of allylic oxidation sites excluding steroid dienone is 2. The van der Waals surface area contributed by atoms with Crippen molar-refractivity contribution >= 4 is 5.97 Å². The molecule has 0 spiro atoms. The van der Waals surface area contributed by atoms with E-state index in [2.05, 4.69) is 22.2 Å². The summed E-state index contributed by atoms with van der Waals surface area (Å²) < 4.78 is 5.04. The molecule has 0 saturated heterocycles. The van der Waals surface area contributed by atoms with Crippen LogP contribution >= 0.6 is 0 Å². The van der Waals surface area contributed by atoms with Gasteiger partial charge in [0.15, 0.2) is 0 Å². The number of hydrogen-bond donors (Lipinski definition) is 2. The van der Waals surface area contributed by atoms with Gasteiger partial charge in [-0.3, -0.25) is 4.79 Å². The first-order valence-corrected chi connectivity index (χ1v) is 10.8. The van der Waals surface area contributed by atoms with Gasteiger partial charge in [0, 0.05) is 16.9 Å². The van der Waals surface area contributed by atoms with Gasteiger partial charge in [-0.1, -0.05) is 48.7 Å². The van der Waals surface area contributed by atoms with Gasteiger partial charge in [-0.15, -0.1) is 0 Å². The Bertz CT molecular complexity index is 609. The van der Waals surface area contributed by atoms with E-state index in [9.17, 15) is 9.90 Å². The molecule has 0 aromatic rings. The van der Waals surface area contributed by atoms with Crippen LogP contribution < -0.4 is 0 Å². The first kappa shape index (κ1) is 23.5. The largest absolute Gasteiger partial charge is 0.469 e. The fourth-order valence-corrected chi connectivity index (χ4v) is 5.00. The van der Waals surface area contributed by atoms with Crippen LogP contribution in [0.4, 0.5) is 0 Å². The molecule has 2 rings (SSSR count). The molecule has 0 radical (unpaired) electrons. The predicted octanol–water partition coefficient (Wildman–Crippen LogP) is 4.31. The van der Waals surface area contributed by atoms with Crippen molar-refractivity contribution in [3.8, 4) is 0 Å². The summed E-state index contributed by atoms with van der Waals surface area (Å²) in [6, 6.07) is -0.252. The molecule has 0 aliphatic heterocycles. The second kappa shape index (κ2) is 12.7. The van der Waals surface area contributed by atoms with E-state index < -0.39 is 6.10 Å². The lowest BCUT2D eigenvalue weighted by Crippen LogP contribution is -2.26. The standard InChI is InChI=1S/C22H35N3O4/c1-29-22(28)17(16-9-4-2-5-10-16)11-6-3-7-12-18-19(13-8-14-26)21(27)15-20(18)24-25-23/h3,7-8,13,16-21,26-27H,2,4-6,9-12,14-15H2,1H3/t17?,18-,19-,20-,21-/m1/s1. The predicted molar refractivity (Wildman–Crippen MR) is 112 cm³/mol. The Morgan fingerprint density at radius 1 is 1.28 bits per heavy atom. The lowest BCUT2D eigenvalue weighted by molar-refractivity contribution is -0.148. The first-order chi connectivity index (χ1) is 14.1. The smallest absolute Gasteiger partial charge is 0.308 e. The number of azide groups is 1. The molecule has 2 fully saturated rings. The van der Waals surface area contributed by atoms with Gasteiger partial charge in [0.2, 0.25) is 0 Å². The van der Waals surface area contributed by atoms with E-state index in [0.717, 1.165) is 25.7 Å². The van der Waals surface area contributed by atoms with Crippen LogP contribution in [0.15, 0.2) is 29.4 Å². The molecular formula is C22H35N3O4. The minimum atomic E-state index is -0.568. The summed E-state index contributed by atoms with van der Waals surface area (Å²) in [5, 5.41) is 23.2. The van der Waals surface area contributed by atoms with Crippen LogP contribution in [-0.4, -0.2) is 42.0 Å². The van der Waals surface area contributed by atoms with Crippen molar-refractivity contribution in [2.45, 2.75) is 69.9 Å². The summed E-state index contributed by atoms with van der Waals surface area (Å²) in [4.78, 5) is 15.2. The number of esters is 1. The zero-order valence-corrected chi connectivity index (χ0v) is 17.4. The van der Waals surface area contributed by atoms with Gasteiger partial charge in [0.25, 0.3) is 0 Å². The fourth-order valence-electron chi connectivity index (χ4n) is 5.00. The maximum absolute atomic E-state index is 12.2. The van der Waals surface area contributed by atoms with E-state index >= 15 is 0 Å². The summed E-state index contributed by atoms with van der Waals surface area (Å²) in [5.74, 6) is 0.176. The second-order valence-corrected chi connectivity index (χ2v) is 8.24. The second-order valence-electron chi connectivity index (χ2n) is 8.24. The van der Waals surface area contributed by atoms with Crippen LogP contribution in [-0.2, 0) is 9.53 Å². The summed E-state index contributed by atoms with van der Waals surface area (Å²) in [7, 11) is 1.47. The Morgan fingerprint density at radius 3 is 2.69 bits per heavy atom. The highest BCUT2D eigenvalue weighted by molar-refractivity contribution is 5.72. The summed E-state index contributed by atoms with van der Waals surface area (Å²) in [5.41, 5.74) is 8.82. The van der Waals surface area contributed by atoms with Crippen molar-refractivity contribution in [3.63, 3.8) is 0 Å². The van der Waals surface area contributed by atoms with Gasteiger partial charge in [-0.05, 0) is 55.9 Å². The number of aliphatic hydroxyl groups excluding tert-OH is 2. The number of hydrogen-bond acceptors (Lipinski definition) is 5. The molecule has 162 valence electrons. The van der Waals surface area contributed by atoms with Crippen molar-refractivity contribution in [1.82, 2.24) is 0 Å². The highest BCUT2D eigenvalue weighted by Crippen LogP contribution is 2.38. The third-order valence-corrected chi connectivity index (χ3v) is 6.52. The Balaban J connectivity index is 1.92. The molecule has 0 aromatic heterocycles. The third-order valence-electron chi connectivity index (χ3n) is 6.52. The molecule has 29 heavy (non-hydrogen) atoms. The van der Waals surface area contributed by atoms with E-state index in [-0.39, 0.29) is 36.4 Å². The molecule has 7 nitrogen and oxygen atoms in total. The molecule has 0 bridgehead atoms. The molecule has 2 saturated carbocycles. The minimum absolute atomic E-state index is 0.00898. The normalized spacial score (nSPS) is 29.2. The average molecular weight is 406 g/mol. The number of carbonyl (C=O) groups excluding carboxylic acids is 1. The Morgan fingerprint density at radius 2 is 2.03 bits per heavy atom. The third kappa shape index (κ3) is 6.88. The number of methoxy groups -OCH3 is 1. The maximum atomic E-state index is 12.2. The Hall–Kier alpha value is -1.82. The van der Waals surface area contributed by atoms with Crippen LogP contribution in [0, 0.1) is 23.7 Å². The zero-order chi connectivity index (χ0) is 21.1. The highest BCUT2D eigenvalue weighted by atomic mass is 16.5. The lowest BCUT2D eigenvalue weighted by Gasteiger charge is -2.28. The molecule has 0 heterocycles. The monoisotopic (exact) mass is 405 g/mol. The molecule has 2 N–H and O–H groups in total.